The third-order valence-electron chi connectivity index (χ3n) is 3.09. The fourth-order valence-electron chi connectivity index (χ4n) is 1.55. The van der Waals surface area contributed by atoms with E-state index in [-0.39, 0.29) is 28.4 Å². The van der Waals surface area contributed by atoms with Crippen LogP contribution >= 0.6 is 11.6 Å². The van der Waals surface area contributed by atoms with Gasteiger partial charge in [0.25, 0.3) is 0 Å². The number of nitrogens with one attached hydrogen (secondary N) is 1. The van der Waals surface area contributed by atoms with Gasteiger partial charge in [-0.25, -0.2) is 13.1 Å². The second-order valence-electron chi connectivity index (χ2n) is 5.38. The number of hydrogen-bond acceptors (Lipinski definition) is 4. The van der Waals surface area contributed by atoms with Crippen LogP contribution in [0.5, 0.6) is 0 Å². The van der Waals surface area contributed by atoms with Crippen molar-refractivity contribution in [3.8, 4) is 0 Å². The molecular formula is C13H17ClN2O5S. The maximum Gasteiger partial charge on any atom is 0.309 e. The molecule has 1 rings (SSSR count). The van der Waals surface area contributed by atoms with E-state index in [4.69, 9.17) is 22.4 Å². The van der Waals surface area contributed by atoms with Gasteiger partial charge in [0, 0.05) is 17.1 Å². The van der Waals surface area contributed by atoms with Gasteiger partial charge < -0.3 is 10.8 Å². The number of carboxylic acid groups (broad SMARTS) is 1. The van der Waals surface area contributed by atoms with E-state index < -0.39 is 27.3 Å². The Hall–Kier alpha value is -1.64. The summed E-state index contributed by atoms with van der Waals surface area (Å²) >= 11 is 5.77. The van der Waals surface area contributed by atoms with E-state index in [2.05, 4.69) is 4.72 Å². The average molecular weight is 349 g/mol. The molecule has 0 atom stereocenters. The van der Waals surface area contributed by atoms with Crippen LogP contribution < -0.4 is 10.5 Å². The number of primary amides is 1. The van der Waals surface area contributed by atoms with Crippen molar-refractivity contribution in [1.29, 1.82) is 0 Å². The SMILES string of the molecule is CC(C)(CCNS(=O)(=O)c1cc(Cl)cc(C(N)=O)c1)C(=O)O. The van der Waals surface area contributed by atoms with Gasteiger partial charge in [-0.15, -0.1) is 0 Å². The topological polar surface area (TPSA) is 127 Å². The number of sulfonamides is 1. The van der Waals surface area contributed by atoms with Gasteiger partial charge in [-0.3, -0.25) is 9.59 Å². The molecule has 0 fully saturated rings. The van der Waals surface area contributed by atoms with Crippen LogP contribution in [0.15, 0.2) is 23.1 Å². The molecule has 0 aliphatic carbocycles. The zero-order valence-corrected chi connectivity index (χ0v) is 13.7. The number of amides is 1. The number of carbonyl (C=O) groups excluding carboxylic acids is 1. The summed E-state index contributed by atoms with van der Waals surface area (Å²) in [5.74, 6) is -1.82. The summed E-state index contributed by atoms with van der Waals surface area (Å²) in [4.78, 5) is 21.9. The predicted molar refractivity (Wildman–Crippen MR) is 81.2 cm³/mol. The van der Waals surface area contributed by atoms with Crippen molar-refractivity contribution in [3.05, 3.63) is 28.8 Å². The second kappa shape index (κ2) is 6.64. The first kappa shape index (κ1) is 18.4. The molecule has 0 aromatic heterocycles. The molecule has 22 heavy (non-hydrogen) atoms. The Morgan fingerprint density at radius 2 is 1.91 bits per heavy atom. The van der Waals surface area contributed by atoms with E-state index in [0.29, 0.717) is 0 Å². The first-order valence-electron chi connectivity index (χ1n) is 6.29. The number of aliphatic carboxylic acids is 1. The molecule has 0 heterocycles. The highest BCUT2D eigenvalue weighted by atomic mass is 35.5. The zero-order valence-electron chi connectivity index (χ0n) is 12.1. The van der Waals surface area contributed by atoms with Gasteiger partial charge in [-0.1, -0.05) is 11.6 Å². The summed E-state index contributed by atoms with van der Waals surface area (Å²) in [6.07, 6.45) is 0.102. The van der Waals surface area contributed by atoms with E-state index >= 15 is 0 Å². The Morgan fingerprint density at radius 1 is 1.32 bits per heavy atom. The molecule has 7 nitrogen and oxygen atoms in total. The number of carbonyl (C=O) groups is 2. The normalized spacial score (nSPS) is 12.1. The van der Waals surface area contributed by atoms with E-state index in [0.717, 1.165) is 6.07 Å². The van der Waals surface area contributed by atoms with Gasteiger partial charge in [0.05, 0.1) is 10.3 Å². The van der Waals surface area contributed by atoms with Crippen LogP contribution in [0.3, 0.4) is 0 Å². The van der Waals surface area contributed by atoms with Crippen LogP contribution in [0.25, 0.3) is 0 Å². The lowest BCUT2D eigenvalue weighted by Crippen LogP contribution is -2.32. The summed E-state index contributed by atoms with van der Waals surface area (Å²) in [7, 11) is -3.92. The monoisotopic (exact) mass is 348 g/mol. The van der Waals surface area contributed by atoms with Crippen molar-refractivity contribution in [1.82, 2.24) is 4.72 Å². The van der Waals surface area contributed by atoms with E-state index in [9.17, 15) is 18.0 Å². The zero-order chi connectivity index (χ0) is 17.1. The van der Waals surface area contributed by atoms with Gasteiger partial charge in [0.1, 0.15) is 0 Å². The Kier molecular flexibility index (Phi) is 5.55. The highest BCUT2D eigenvalue weighted by Gasteiger charge is 2.27. The van der Waals surface area contributed by atoms with Gasteiger partial charge >= 0.3 is 5.97 Å². The van der Waals surface area contributed by atoms with Crippen molar-refractivity contribution in [2.45, 2.75) is 25.2 Å². The number of hydrogen-bond donors (Lipinski definition) is 3. The van der Waals surface area contributed by atoms with Crippen LogP contribution in [0.1, 0.15) is 30.6 Å². The first-order chi connectivity index (χ1) is 9.95. The van der Waals surface area contributed by atoms with Crippen LogP contribution in [-0.4, -0.2) is 31.9 Å². The fourth-order valence-corrected chi connectivity index (χ4v) is 2.95. The average Bonchev–Trinajstić information content (AvgIpc) is 2.37. The number of carboxylic acids is 1. The van der Waals surface area contributed by atoms with E-state index in [1.807, 2.05) is 0 Å². The standard InChI is InChI=1S/C13H17ClN2O5S/c1-13(2,12(18)19)3-4-16-22(20,21)10-6-8(11(15)17)5-9(14)7-10/h5-7,16H,3-4H2,1-2H3,(H2,15,17)(H,18,19). The first-order valence-corrected chi connectivity index (χ1v) is 8.15. The molecule has 1 aromatic rings. The number of halogens is 1. The molecule has 4 N–H and O–H groups in total. The van der Waals surface area contributed by atoms with Crippen molar-refractivity contribution in [2.24, 2.45) is 11.1 Å². The van der Waals surface area contributed by atoms with Crippen molar-refractivity contribution < 1.29 is 23.1 Å². The van der Waals surface area contributed by atoms with Crippen LogP contribution in [-0.2, 0) is 14.8 Å². The molecule has 0 saturated carbocycles. The highest BCUT2D eigenvalue weighted by Crippen LogP contribution is 2.21. The summed E-state index contributed by atoms with van der Waals surface area (Å²) in [6, 6.07) is 3.55. The summed E-state index contributed by atoms with van der Waals surface area (Å²) in [5.41, 5.74) is 4.02. The molecule has 0 unspecified atom stereocenters. The minimum Gasteiger partial charge on any atom is -0.481 e. The minimum atomic E-state index is -3.92. The molecular weight excluding hydrogens is 332 g/mol. The maximum atomic E-state index is 12.1. The van der Waals surface area contributed by atoms with Crippen molar-refractivity contribution in [2.75, 3.05) is 6.54 Å². The molecule has 0 saturated heterocycles. The van der Waals surface area contributed by atoms with Crippen molar-refractivity contribution >= 4 is 33.5 Å². The third-order valence-corrected chi connectivity index (χ3v) is 4.75. The number of benzene rings is 1. The molecule has 0 radical (unpaired) electrons. The lowest BCUT2D eigenvalue weighted by Gasteiger charge is -2.19. The molecule has 122 valence electrons. The fraction of sp³-hybridized carbons (Fsp3) is 0.385. The number of nitrogens with two attached hydrogens (primary N) is 1. The summed E-state index contributed by atoms with van der Waals surface area (Å²) < 4.78 is 26.6. The van der Waals surface area contributed by atoms with E-state index in [1.54, 1.807) is 0 Å². The van der Waals surface area contributed by atoms with Gasteiger partial charge in [0.15, 0.2) is 0 Å². The Balaban J connectivity index is 2.92. The predicted octanol–water partition coefficient (Wildman–Crippen LogP) is 1.22. The molecule has 0 spiro atoms. The van der Waals surface area contributed by atoms with E-state index in [1.165, 1.54) is 26.0 Å². The van der Waals surface area contributed by atoms with Crippen LogP contribution in [0.2, 0.25) is 5.02 Å². The Bertz CT molecular complexity index is 700. The van der Waals surface area contributed by atoms with Gasteiger partial charge in [-0.05, 0) is 38.5 Å². The van der Waals surface area contributed by atoms with Crippen molar-refractivity contribution in [3.63, 3.8) is 0 Å². The summed E-state index contributed by atoms with van der Waals surface area (Å²) in [5, 5.41) is 9.03. The maximum absolute atomic E-state index is 12.1. The molecule has 1 amide bonds. The highest BCUT2D eigenvalue weighted by molar-refractivity contribution is 7.89. The summed E-state index contributed by atoms with van der Waals surface area (Å²) in [6.45, 7) is 2.92. The lowest BCUT2D eigenvalue weighted by molar-refractivity contribution is -0.147. The van der Waals surface area contributed by atoms with Gasteiger partial charge in [-0.2, -0.15) is 0 Å². The molecule has 9 heteroatoms. The largest absolute Gasteiger partial charge is 0.481 e. The van der Waals surface area contributed by atoms with Crippen LogP contribution in [0, 0.1) is 5.41 Å². The quantitative estimate of drug-likeness (QED) is 0.682. The molecule has 0 aliphatic rings. The smallest absolute Gasteiger partial charge is 0.309 e. The number of rotatable bonds is 7. The van der Waals surface area contributed by atoms with Gasteiger partial charge in [0.2, 0.25) is 15.9 Å². The van der Waals surface area contributed by atoms with Crippen LogP contribution in [0.4, 0.5) is 0 Å². The molecule has 0 bridgehead atoms. The third kappa shape index (κ3) is 4.69. The Labute approximate surface area is 133 Å². The molecule has 1 aromatic carbocycles. The lowest BCUT2D eigenvalue weighted by atomic mass is 9.90. The molecule has 0 aliphatic heterocycles. The minimum absolute atomic E-state index is 0.0289. The Morgan fingerprint density at radius 3 is 2.41 bits per heavy atom. The second-order valence-corrected chi connectivity index (χ2v) is 7.58.